The first-order valence-electron chi connectivity index (χ1n) is 10.1. The number of rotatable bonds is 7. The average Bonchev–Trinajstić information content (AvgIpc) is 3.13. The Kier molecular flexibility index (Phi) is 6.69. The maximum atomic E-state index is 12.2. The fourth-order valence-corrected chi connectivity index (χ4v) is 3.83. The van der Waals surface area contributed by atoms with Gasteiger partial charge in [-0.25, -0.2) is 0 Å². The number of hydrogen-bond acceptors (Lipinski definition) is 5. The van der Waals surface area contributed by atoms with Gasteiger partial charge in [0.15, 0.2) is 5.82 Å². The summed E-state index contributed by atoms with van der Waals surface area (Å²) in [4.78, 5) is 23.3. The Balaban J connectivity index is 1.44. The Bertz CT molecular complexity index is 579. The van der Waals surface area contributed by atoms with E-state index in [1.165, 1.54) is 25.7 Å². The van der Waals surface area contributed by atoms with E-state index in [2.05, 4.69) is 34.0 Å². The molecule has 144 valence electrons. The molecule has 0 atom stereocenters. The molecule has 1 aliphatic carbocycles. The van der Waals surface area contributed by atoms with Crippen LogP contribution >= 0.6 is 0 Å². The van der Waals surface area contributed by atoms with Gasteiger partial charge in [-0.05, 0) is 37.5 Å². The topological polar surface area (TPSA) is 67.3 Å². The fraction of sp³-hybridized carbons (Fsp3) is 0.750. The summed E-state index contributed by atoms with van der Waals surface area (Å²) in [6, 6.07) is 0.286. The number of nitrogens with zero attached hydrogens (tertiary/aromatic N) is 3. The van der Waals surface area contributed by atoms with Gasteiger partial charge < -0.3 is 15.0 Å². The third-order valence-corrected chi connectivity index (χ3v) is 5.30. The second-order valence-corrected chi connectivity index (χ2v) is 8.10. The second-order valence-electron chi connectivity index (χ2n) is 8.10. The molecular weight excluding hydrogens is 328 g/mol. The lowest BCUT2D eigenvalue weighted by Gasteiger charge is -2.33. The summed E-state index contributed by atoms with van der Waals surface area (Å²) in [6.07, 6.45) is 11.1. The van der Waals surface area contributed by atoms with Crippen LogP contribution < -0.4 is 15.0 Å². The van der Waals surface area contributed by atoms with E-state index in [1.807, 2.05) is 0 Å². The number of hydrogen-bond donors (Lipinski definition) is 1. The van der Waals surface area contributed by atoms with E-state index in [9.17, 15) is 4.79 Å². The van der Waals surface area contributed by atoms with Crippen LogP contribution in [0.25, 0.3) is 0 Å². The SMILES string of the molecule is CC(C)COc1cncc(N2CCC(NC(=O)CC3CCCC3)CC2)n1. The molecule has 1 aromatic heterocycles. The Morgan fingerprint density at radius 2 is 1.96 bits per heavy atom. The van der Waals surface area contributed by atoms with Crippen molar-refractivity contribution in [3.8, 4) is 5.88 Å². The quantitative estimate of drug-likeness (QED) is 0.809. The van der Waals surface area contributed by atoms with E-state index in [-0.39, 0.29) is 11.9 Å². The molecule has 1 saturated carbocycles. The first-order valence-corrected chi connectivity index (χ1v) is 10.1. The fourth-order valence-electron chi connectivity index (χ4n) is 3.83. The van der Waals surface area contributed by atoms with Crippen LogP contribution in [0.1, 0.15) is 58.8 Å². The van der Waals surface area contributed by atoms with Crippen LogP contribution in [0.3, 0.4) is 0 Å². The summed E-state index contributed by atoms with van der Waals surface area (Å²) in [6.45, 7) is 6.65. The average molecular weight is 361 g/mol. The van der Waals surface area contributed by atoms with E-state index in [4.69, 9.17) is 4.74 Å². The van der Waals surface area contributed by atoms with Gasteiger partial charge in [-0.1, -0.05) is 26.7 Å². The molecule has 1 aliphatic heterocycles. The van der Waals surface area contributed by atoms with Crippen LogP contribution in [-0.2, 0) is 4.79 Å². The highest BCUT2D eigenvalue weighted by Crippen LogP contribution is 2.27. The van der Waals surface area contributed by atoms with Crippen LogP contribution in [0.15, 0.2) is 12.4 Å². The molecule has 6 heteroatoms. The summed E-state index contributed by atoms with van der Waals surface area (Å²) in [7, 11) is 0. The third-order valence-electron chi connectivity index (χ3n) is 5.30. The Morgan fingerprint density at radius 3 is 2.65 bits per heavy atom. The smallest absolute Gasteiger partial charge is 0.234 e. The van der Waals surface area contributed by atoms with E-state index in [1.54, 1.807) is 12.4 Å². The summed E-state index contributed by atoms with van der Waals surface area (Å²) in [5, 5.41) is 3.24. The van der Waals surface area contributed by atoms with E-state index in [0.717, 1.165) is 31.7 Å². The molecule has 2 fully saturated rings. The molecule has 1 aromatic rings. The van der Waals surface area contributed by atoms with Crippen molar-refractivity contribution in [3.63, 3.8) is 0 Å². The lowest BCUT2D eigenvalue weighted by Crippen LogP contribution is -2.45. The number of piperidine rings is 1. The molecule has 0 radical (unpaired) electrons. The first-order chi connectivity index (χ1) is 12.6. The second kappa shape index (κ2) is 9.19. The van der Waals surface area contributed by atoms with Gasteiger partial charge in [-0.15, -0.1) is 0 Å². The van der Waals surface area contributed by atoms with Crippen molar-refractivity contribution in [1.29, 1.82) is 0 Å². The minimum absolute atomic E-state index is 0.235. The Hall–Kier alpha value is -1.85. The van der Waals surface area contributed by atoms with Crippen molar-refractivity contribution in [2.45, 2.75) is 64.8 Å². The minimum atomic E-state index is 0.235. The van der Waals surface area contributed by atoms with E-state index in [0.29, 0.717) is 30.7 Å². The molecule has 1 saturated heterocycles. The van der Waals surface area contributed by atoms with Crippen molar-refractivity contribution < 1.29 is 9.53 Å². The van der Waals surface area contributed by atoms with Crippen LogP contribution in [0.2, 0.25) is 0 Å². The van der Waals surface area contributed by atoms with Crippen molar-refractivity contribution in [3.05, 3.63) is 12.4 Å². The number of anilines is 1. The number of nitrogens with one attached hydrogen (secondary N) is 1. The molecule has 26 heavy (non-hydrogen) atoms. The van der Waals surface area contributed by atoms with Gasteiger partial charge in [0.2, 0.25) is 11.8 Å². The van der Waals surface area contributed by atoms with Crippen molar-refractivity contribution >= 4 is 11.7 Å². The van der Waals surface area contributed by atoms with Gasteiger partial charge in [-0.2, -0.15) is 4.98 Å². The van der Waals surface area contributed by atoms with Gasteiger partial charge in [0.05, 0.1) is 19.0 Å². The van der Waals surface area contributed by atoms with Crippen LogP contribution in [-0.4, -0.2) is 41.6 Å². The molecule has 0 unspecified atom stereocenters. The standard InChI is InChI=1S/C20H32N4O2/c1-15(2)14-26-20-13-21-12-18(23-20)24-9-7-17(8-10-24)22-19(25)11-16-5-3-4-6-16/h12-13,15-17H,3-11,14H2,1-2H3,(H,22,25). The summed E-state index contributed by atoms with van der Waals surface area (Å²) < 4.78 is 5.68. The predicted molar refractivity (Wildman–Crippen MR) is 102 cm³/mol. The number of aromatic nitrogens is 2. The number of carbonyl (C=O) groups excluding carboxylic acids is 1. The third kappa shape index (κ3) is 5.58. The molecule has 1 N–H and O–H groups in total. The summed E-state index contributed by atoms with van der Waals surface area (Å²) in [5.74, 6) is 2.76. The van der Waals surface area contributed by atoms with Crippen molar-refractivity contribution in [2.75, 3.05) is 24.6 Å². The maximum Gasteiger partial charge on any atom is 0.234 e. The molecule has 0 spiro atoms. The monoisotopic (exact) mass is 360 g/mol. The molecule has 1 amide bonds. The number of ether oxygens (including phenoxy) is 1. The lowest BCUT2D eigenvalue weighted by molar-refractivity contribution is -0.122. The first kappa shape index (κ1) is 18.9. The van der Waals surface area contributed by atoms with Gasteiger partial charge in [-0.3, -0.25) is 9.78 Å². The highest BCUT2D eigenvalue weighted by molar-refractivity contribution is 5.76. The Labute approximate surface area is 156 Å². The molecule has 6 nitrogen and oxygen atoms in total. The number of carbonyl (C=O) groups is 1. The summed E-state index contributed by atoms with van der Waals surface area (Å²) >= 11 is 0. The zero-order chi connectivity index (χ0) is 18.4. The number of amides is 1. The molecule has 3 rings (SSSR count). The lowest BCUT2D eigenvalue weighted by atomic mass is 10.0. The van der Waals surface area contributed by atoms with Crippen molar-refractivity contribution in [1.82, 2.24) is 15.3 Å². The molecular formula is C20H32N4O2. The predicted octanol–water partition coefficient (Wildman–Crippen LogP) is 3.18. The normalized spacial score (nSPS) is 19.1. The Morgan fingerprint density at radius 1 is 1.23 bits per heavy atom. The van der Waals surface area contributed by atoms with Gasteiger partial charge >= 0.3 is 0 Å². The molecule has 0 aromatic carbocycles. The highest BCUT2D eigenvalue weighted by Gasteiger charge is 2.24. The summed E-state index contributed by atoms with van der Waals surface area (Å²) in [5.41, 5.74) is 0. The van der Waals surface area contributed by atoms with Crippen LogP contribution in [0.4, 0.5) is 5.82 Å². The van der Waals surface area contributed by atoms with Gasteiger partial charge in [0.1, 0.15) is 0 Å². The molecule has 2 heterocycles. The minimum Gasteiger partial charge on any atom is -0.476 e. The van der Waals surface area contributed by atoms with E-state index >= 15 is 0 Å². The molecule has 2 aliphatic rings. The highest BCUT2D eigenvalue weighted by atomic mass is 16.5. The van der Waals surface area contributed by atoms with Crippen LogP contribution in [0.5, 0.6) is 5.88 Å². The van der Waals surface area contributed by atoms with Gasteiger partial charge in [0.25, 0.3) is 0 Å². The van der Waals surface area contributed by atoms with Crippen molar-refractivity contribution in [2.24, 2.45) is 11.8 Å². The zero-order valence-corrected chi connectivity index (χ0v) is 16.1. The largest absolute Gasteiger partial charge is 0.476 e. The molecule has 0 bridgehead atoms. The van der Waals surface area contributed by atoms with Gasteiger partial charge in [0, 0.05) is 25.6 Å². The van der Waals surface area contributed by atoms with Crippen LogP contribution in [0, 0.1) is 11.8 Å². The van der Waals surface area contributed by atoms with E-state index < -0.39 is 0 Å². The zero-order valence-electron chi connectivity index (χ0n) is 16.1. The maximum absolute atomic E-state index is 12.2.